The van der Waals surface area contributed by atoms with Crippen molar-refractivity contribution in [3.8, 4) is 0 Å². The van der Waals surface area contributed by atoms with Gasteiger partial charge in [-0.15, -0.1) is 0 Å². The smallest absolute Gasteiger partial charge is 0.321 e. The zero-order chi connectivity index (χ0) is 16.2. The maximum atomic E-state index is 12.3. The van der Waals surface area contributed by atoms with Crippen LogP contribution in [0.5, 0.6) is 0 Å². The van der Waals surface area contributed by atoms with Crippen LogP contribution in [0.3, 0.4) is 0 Å². The van der Waals surface area contributed by atoms with Crippen LogP contribution in [0.25, 0.3) is 0 Å². The minimum Gasteiger partial charge on any atom is -0.480 e. The molecule has 0 bridgehead atoms. The average Bonchev–Trinajstić information content (AvgIpc) is 2.37. The van der Waals surface area contributed by atoms with Gasteiger partial charge in [-0.3, -0.25) is 9.59 Å². The van der Waals surface area contributed by atoms with Crippen molar-refractivity contribution in [3.05, 3.63) is 35.4 Å². The van der Waals surface area contributed by atoms with E-state index in [0.717, 1.165) is 12.0 Å². The first-order chi connectivity index (χ1) is 9.65. The maximum absolute atomic E-state index is 12.3. The fraction of sp³-hybridized carbons (Fsp3) is 0.500. The highest BCUT2D eigenvalue weighted by atomic mass is 16.6. The molecule has 0 aliphatic rings. The monoisotopic (exact) mass is 293 g/mol. The molecule has 0 heterocycles. The van der Waals surface area contributed by atoms with E-state index in [1.165, 1.54) is 0 Å². The predicted octanol–water partition coefficient (Wildman–Crippen LogP) is 2.09. The fourth-order valence-electron chi connectivity index (χ4n) is 1.96. The van der Waals surface area contributed by atoms with Crippen molar-refractivity contribution in [2.45, 2.75) is 51.7 Å². The second-order valence-electron chi connectivity index (χ2n) is 5.97. The molecule has 3 N–H and O–H groups in total. The molecule has 0 saturated heterocycles. The second kappa shape index (κ2) is 6.72. The summed E-state index contributed by atoms with van der Waals surface area (Å²) in [6.07, 6.45) is 0.863. The Morgan fingerprint density at radius 2 is 1.76 bits per heavy atom. The van der Waals surface area contributed by atoms with Gasteiger partial charge in [0.1, 0.15) is 17.6 Å². The van der Waals surface area contributed by atoms with E-state index in [-0.39, 0.29) is 0 Å². The van der Waals surface area contributed by atoms with Crippen LogP contribution in [-0.2, 0) is 20.7 Å². The number of benzene rings is 1. The van der Waals surface area contributed by atoms with Crippen molar-refractivity contribution in [2.24, 2.45) is 5.73 Å². The van der Waals surface area contributed by atoms with Gasteiger partial charge in [0.2, 0.25) is 0 Å². The Balaban J connectivity index is 3.12. The number of hydrogen-bond donors (Lipinski definition) is 2. The molecule has 0 radical (unpaired) electrons. The third kappa shape index (κ3) is 4.86. The Morgan fingerprint density at radius 3 is 2.14 bits per heavy atom. The first-order valence-electron chi connectivity index (χ1n) is 6.95. The van der Waals surface area contributed by atoms with E-state index in [1.54, 1.807) is 32.9 Å². The van der Waals surface area contributed by atoms with E-state index >= 15 is 0 Å². The van der Waals surface area contributed by atoms with Crippen LogP contribution in [0.1, 0.15) is 44.7 Å². The largest absolute Gasteiger partial charge is 0.480 e. The lowest BCUT2D eigenvalue weighted by molar-refractivity contribution is -0.160. The summed E-state index contributed by atoms with van der Waals surface area (Å²) in [7, 11) is 0. The molecule has 0 aliphatic carbocycles. The molecule has 0 spiro atoms. The molecule has 2 atom stereocenters. The lowest BCUT2D eigenvalue weighted by atomic mass is 9.91. The third-order valence-electron chi connectivity index (χ3n) is 3.05. The normalized spacial score (nSPS) is 14.3. The van der Waals surface area contributed by atoms with Crippen LogP contribution in [0, 0.1) is 0 Å². The molecule has 0 aromatic heterocycles. The number of ether oxygens (including phenoxy) is 1. The minimum atomic E-state index is -1.34. The molecule has 21 heavy (non-hydrogen) atoms. The topological polar surface area (TPSA) is 89.6 Å². The van der Waals surface area contributed by atoms with E-state index in [0.29, 0.717) is 5.56 Å². The molecule has 5 heteroatoms. The molecule has 1 rings (SSSR count). The molecule has 5 nitrogen and oxygen atoms in total. The van der Waals surface area contributed by atoms with E-state index in [9.17, 15) is 9.59 Å². The third-order valence-corrected chi connectivity index (χ3v) is 3.05. The molecule has 116 valence electrons. The van der Waals surface area contributed by atoms with Crippen molar-refractivity contribution in [1.29, 1.82) is 0 Å². The van der Waals surface area contributed by atoms with E-state index in [2.05, 4.69) is 0 Å². The van der Waals surface area contributed by atoms with Crippen molar-refractivity contribution in [1.82, 2.24) is 0 Å². The van der Waals surface area contributed by atoms with Gasteiger partial charge in [0.25, 0.3) is 0 Å². The number of aliphatic carboxylic acids is 1. The van der Waals surface area contributed by atoms with Crippen LogP contribution in [0.15, 0.2) is 24.3 Å². The lowest BCUT2D eigenvalue weighted by Gasteiger charge is -2.26. The van der Waals surface area contributed by atoms with Crippen LogP contribution in [-0.4, -0.2) is 28.7 Å². The van der Waals surface area contributed by atoms with Gasteiger partial charge in [0.05, 0.1) is 0 Å². The summed E-state index contributed by atoms with van der Waals surface area (Å²) in [4.78, 5) is 23.5. The number of rotatable bonds is 5. The number of esters is 1. The fourth-order valence-corrected chi connectivity index (χ4v) is 1.96. The molecule has 0 saturated carbocycles. The van der Waals surface area contributed by atoms with Gasteiger partial charge in [-0.25, -0.2) is 0 Å². The van der Waals surface area contributed by atoms with Gasteiger partial charge in [-0.1, -0.05) is 31.2 Å². The van der Waals surface area contributed by atoms with Crippen LogP contribution in [0.2, 0.25) is 0 Å². The van der Waals surface area contributed by atoms with Gasteiger partial charge in [0.15, 0.2) is 0 Å². The van der Waals surface area contributed by atoms with E-state index in [4.69, 9.17) is 15.6 Å². The summed E-state index contributed by atoms with van der Waals surface area (Å²) >= 11 is 0. The first-order valence-corrected chi connectivity index (χ1v) is 6.95. The Kier molecular flexibility index (Phi) is 5.49. The van der Waals surface area contributed by atoms with Crippen LogP contribution >= 0.6 is 0 Å². The number of aryl methyl sites for hydroxylation is 1. The average molecular weight is 293 g/mol. The molecule has 0 fully saturated rings. The number of carbonyl (C=O) groups excluding carboxylic acids is 1. The molecular formula is C16H23NO4. The summed E-state index contributed by atoms with van der Waals surface area (Å²) in [5, 5.41) is 9.13. The summed E-state index contributed by atoms with van der Waals surface area (Å²) in [5.41, 5.74) is 6.64. The van der Waals surface area contributed by atoms with E-state index < -0.39 is 29.5 Å². The Hall–Kier alpha value is -1.88. The molecule has 1 aromatic rings. The van der Waals surface area contributed by atoms with Crippen molar-refractivity contribution in [2.75, 3.05) is 0 Å². The lowest BCUT2D eigenvalue weighted by Crippen LogP contribution is -2.42. The second-order valence-corrected chi connectivity index (χ2v) is 5.97. The summed E-state index contributed by atoms with van der Waals surface area (Å²) in [6, 6.07) is 5.85. The maximum Gasteiger partial charge on any atom is 0.321 e. The van der Waals surface area contributed by atoms with Crippen molar-refractivity contribution < 1.29 is 19.4 Å². The van der Waals surface area contributed by atoms with Gasteiger partial charge < -0.3 is 15.6 Å². The molecular weight excluding hydrogens is 270 g/mol. The van der Waals surface area contributed by atoms with Crippen LogP contribution in [0.4, 0.5) is 0 Å². The summed E-state index contributed by atoms with van der Waals surface area (Å²) < 4.78 is 5.30. The van der Waals surface area contributed by atoms with Gasteiger partial charge in [-0.2, -0.15) is 0 Å². The summed E-state index contributed by atoms with van der Waals surface area (Å²) in [6.45, 7) is 7.21. The number of carbonyl (C=O) groups is 2. The van der Waals surface area contributed by atoms with Gasteiger partial charge in [0, 0.05) is 0 Å². The highest BCUT2D eigenvalue weighted by molar-refractivity contribution is 5.87. The number of hydrogen-bond acceptors (Lipinski definition) is 4. The van der Waals surface area contributed by atoms with Crippen molar-refractivity contribution in [3.63, 3.8) is 0 Å². The Morgan fingerprint density at radius 1 is 1.24 bits per heavy atom. The number of carboxylic acids is 1. The van der Waals surface area contributed by atoms with Crippen LogP contribution < -0.4 is 5.73 Å². The molecule has 0 unspecified atom stereocenters. The zero-order valence-corrected chi connectivity index (χ0v) is 12.9. The van der Waals surface area contributed by atoms with Gasteiger partial charge in [-0.05, 0) is 38.3 Å². The summed E-state index contributed by atoms with van der Waals surface area (Å²) in [5.74, 6) is -2.88. The molecule has 0 aliphatic heterocycles. The minimum absolute atomic E-state index is 0.552. The first kappa shape index (κ1) is 17.2. The van der Waals surface area contributed by atoms with Crippen molar-refractivity contribution >= 4 is 11.9 Å². The standard InChI is InChI=1S/C16H23NO4/c1-5-10-6-8-11(9-7-10)12(13(17)14(18)19)15(20)21-16(2,3)4/h6-9,12-13H,5,17H2,1-4H3,(H,18,19)/t12-,13-/m0/s1. The highest BCUT2D eigenvalue weighted by Crippen LogP contribution is 2.24. The number of nitrogens with two attached hydrogens (primary N) is 1. The van der Waals surface area contributed by atoms with E-state index in [1.807, 2.05) is 19.1 Å². The quantitative estimate of drug-likeness (QED) is 0.811. The highest BCUT2D eigenvalue weighted by Gasteiger charge is 2.35. The number of carboxylic acid groups (broad SMARTS) is 1. The molecule has 0 amide bonds. The zero-order valence-electron chi connectivity index (χ0n) is 12.9. The predicted molar refractivity (Wildman–Crippen MR) is 80.0 cm³/mol. The molecule has 1 aromatic carbocycles. The SMILES string of the molecule is CCc1ccc([C@H](C(=O)OC(C)(C)C)[C@H](N)C(=O)O)cc1. The van der Waals surface area contributed by atoms with Gasteiger partial charge >= 0.3 is 11.9 Å². The Bertz CT molecular complexity index is 502. The Labute approximate surface area is 125 Å².